The molecule has 2 saturated carbocycles. The van der Waals surface area contributed by atoms with Crippen LogP contribution in [0.3, 0.4) is 0 Å². The number of imidazole rings is 1. The summed E-state index contributed by atoms with van der Waals surface area (Å²) in [4.78, 5) is 4.25. The number of aromatic nitrogens is 2. The van der Waals surface area contributed by atoms with Crippen molar-refractivity contribution < 1.29 is 0 Å². The van der Waals surface area contributed by atoms with E-state index in [0.717, 1.165) is 24.2 Å². The van der Waals surface area contributed by atoms with E-state index in [-0.39, 0.29) is 5.41 Å². The third-order valence-electron chi connectivity index (χ3n) is 8.51. The van der Waals surface area contributed by atoms with Gasteiger partial charge in [-0.2, -0.15) is 0 Å². The molecule has 0 aliphatic heterocycles. The van der Waals surface area contributed by atoms with Crippen molar-refractivity contribution in [2.45, 2.75) is 64.8 Å². The lowest BCUT2D eigenvalue weighted by molar-refractivity contribution is -0.0127. The van der Waals surface area contributed by atoms with Gasteiger partial charge >= 0.3 is 0 Å². The van der Waals surface area contributed by atoms with E-state index in [0.29, 0.717) is 16.6 Å². The molecule has 1 heterocycles. The Morgan fingerprint density at radius 1 is 1.12 bits per heavy atom. The number of fused-ring (bicyclic) bond motifs is 5. The van der Waals surface area contributed by atoms with Gasteiger partial charge in [0, 0.05) is 23.4 Å². The zero-order valence-corrected chi connectivity index (χ0v) is 16.7. The molecule has 2 fully saturated rings. The van der Waals surface area contributed by atoms with Crippen LogP contribution in [0.5, 0.6) is 0 Å². The maximum atomic E-state index is 6.29. The predicted molar refractivity (Wildman–Crippen MR) is 107 cm³/mol. The summed E-state index contributed by atoms with van der Waals surface area (Å²) in [6.07, 6.45) is 17.5. The van der Waals surface area contributed by atoms with E-state index in [1.807, 2.05) is 12.5 Å². The second-order valence-corrected chi connectivity index (χ2v) is 10.0. The highest BCUT2D eigenvalue weighted by Gasteiger charge is 2.56. The molecule has 4 aliphatic rings. The molecular formula is C22H30ClN3. The lowest BCUT2D eigenvalue weighted by Gasteiger charge is -2.57. The number of allylic oxidation sites excluding steroid dienone is 3. The van der Waals surface area contributed by atoms with Crippen molar-refractivity contribution in [3.05, 3.63) is 35.4 Å². The molecule has 5 rings (SSSR count). The number of hydrogen-bond donors (Lipinski definition) is 1. The summed E-state index contributed by atoms with van der Waals surface area (Å²) in [5, 5.41) is 0.586. The molecule has 1 aromatic rings. The number of rotatable bonds is 1. The lowest BCUT2D eigenvalue weighted by Crippen LogP contribution is -2.50. The first-order valence-corrected chi connectivity index (χ1v) is 10.7. The standard InChI is InChI=1S/C22H30ClN3/c1-21-9-7-15(24)11-14(21)3-4-16-17-5-6-19(26-12-20(23)25-13-26)22(17,2)10-8-18(16)21/h3,6,12-13,15-18H,4-5,7-11,24H2,1-2H3/t15-,16?,17?,18?,21-,22-/m0/s1. The monoisotopic (exact) mass is 371 g/mol. The SMILES string of the molecule is C[C@]12CC[C@H](N)CC1=CCC1C2CC[C@]2(C)C(n3cnc(Cl)c3)=CCC12. The molecule has 0 bridgehead atoms. The van der Waals surface area contributed by atoms with E-state index in [4.69, 9.17) is 17.3 Å². The first-order chi connectivity index (χ1) is 12.4. The van der Waals surface area contributed by atoms with E-state index in [1.54, 1.807) is 5.57 Å². The summed E-state index contributed by atoms with van der Waals surface area (Å²) < 4.78 is 2.17. The zero-order chi connectivity index (χ0) is 18.1. The second kappa shape index (κ2) is 5.72. The minimum atomic E-state index is 0.248. The zero-order valence-electron chi connectivity index (χ0n) is 15.9. The van der Waals surface area contributed by atoms with Gasteiger partial charge in [0.2, 0.25) is 0 Å². The van der Waals surface area contributed by atoms with Gasteiger partial charge < -0.3 is 10.3 Å². The molecule has 6 atom stereocenters. The largest absolute Gasteiger partial charge is 0.327 e. The first kappa shape index (κ1) is 17.1. The summed E-state index contributed by atoms with van der Waals surface area (Å²) >= 11 is 6.10. The molecule has 2 N–H and O–H groups in total. The third kappa shape index (κ3) is 2.26. The first-order valence-electron chi connectivity index (χ1n) is 10.3. The molecule has 0 aromatic carbocycles. The Morgan fingerprint density at radius 2 is 1.92 bits per heavy atom. The molecular weight excluding hydrogens is 342 g/mol. The smallest absolute Gasteiger partial charge is 0.147 e. The molecule has 4 heteroatoms. The molecule has 0 spiro atoms. The molecule has 3 nitrogen and oxygen atoms in total. The van der Waals surface area contributed by atoms with E-state index < -0.39 is 0 Å². The Balaban J connectivity index is 1.47. The van der Waals surface area contributed by atoms with Crippen LogP contribution >= 0.6 is 11.6 Å². The van der Waals surface area contributed by atoms with Crippen LogP contribution in [0.15, 0.2) is 30.2 Å². The highest BCUT2D eigenvalue weighted by molar-refractivity contribution is 6.29. The van der Waals surface area contributed by atoms with Crippen molar-refractivity contribution >= 4 is 17.3 Å². The van der Waals surface area contributed by atoms with Gasteiger partial charge in [-0.1, -0.05) is 43.2 Å². The second-order valence-electron chi connectivity index (χ2n) is 9.65. The van der Waals surface area contributed by atoms with Crippen LogP contribution < -0.4 is 5.73 Å². The van der Waals surface area contributed by atoms with Crippen molar-refractivity contribution in [2.75, 3.05) is 0 Å². The topological polar surface area (TPSA) is 43.8 Å². The van der Waals surface area contributed by atoms with Gasteiger partial charge in [-0.05, 0) is 68.1 Å². The maximum Gasteiger partial charge on any atom is 0.147 e. The van der Waals surface area contributed by atoms with Crippen molar-refractivity contribution in [3.8, 4) is 0 Å². The number of nitrogens with two attached hydrogens (primary N) is 1. The fraction of sp³-hybridized carbons (Fsp3) is 0.682. The van der Waals surface area contributed by atoms with E-state index in [2.05, 4.69) is 35.6 Å². The van der Waals surface area contributed by atoms with Crippen LogP contribution in [0.2, 0.25) is 5.15 Å². The third-order valence-corrected chi connectivity index (χ3v) is 8.71. The van der Waals surface area contributed by atoms with Gasteiger partial charge in [-0.25, -0.2) is 4.98 Å². The average Bonchev–Trinajstić information content (AvgIpc) is 3.18. The Bertz CT molecular complexity index is 793. The molecule has 0 saturated heterocycles. The minimum Gasteiger partial charge on any atom is -0.327 e. The van der Waals surface area contributed by atoms with Crippen LogP contribution in [-0.2, 0) is 0 Å². The highest BCUT2D eigenvalue weighted by Crippen LogP contribution is 2.65. The maximum absolute atomic E-state index is 6.29. The summed E-state index contributed by atoms with van der Waals surface area (Å²) in [7, 11) is 0. The predicted octanol–water partition coefficient (Wildman–Crippen LogP) is 5.28. The van der Waals surface area contributed by atoms with Crippen LogP contribution in [0.25, 0.3) is 5.70 Å². The Kier molecular flexibility index (Phi) is 3.75. The summed E-state index contributed by atoms with van der Waals surface area (Å²) in [6.45, 7) is 5.03. The summed E-state index contributed by atoms with van der Waals surface area (Å²) in [5.41, 5.74) is 10.0. The number of nitrogens with zero attached hydrogens (tertiary/aromatic N) is 2. The lowest BCUT2D eigenvalue weighted by atomic mass is 9.47. The van der Waals surface area contributed by atoms with Crippen molar-refractivity contribution in [1.82, 2.24) is 9.55 Å². The van der Waals surface area contributed by atoms with Crippen LogP contribution in [0.1, 0.15) is 58.8 Å². The molecule has 0 amide bonds. The average molecular weight is 372 g/mol. The molecule has 1 aromatic heterocycles. The normalized spacial score (nSPS) is 44.6. The minimum absolute atomic E-state index is 0.248. The Morgan fingerprint density at radius 3 is 2.69 bits per heavy atom. The molecule has 3 unspecified atom stereocenters. The van der Waals surface area contributed by atoms with Gasteiger partial charge in [0.15, 0.2) is 0 Å². The summed E-state index contributed by atoms with van der Waals surface area (Å²) in [5.74, 6) is 2.36. The fourth-order valence-corrected chi connectivity index (χ4v) is 7.21. The van der Waals surface area contributed by atoms with Crippen molar-refractivity contribution in [3.63, 3.8) is 0 Å². The van der Waals surface area contributed by atoms with Gasteiger partial charge in [0.1, 0.15) is 11.5 Å². The van der Waals surface area contributed by atoms with Crippen LogP contribution in [0.4, 0.5) is 0 Å². The Hall–Kier alpha value is -1.06. The molecule has 140 valence electrons. The summed E-state index contributed by atoms with van der Waals surface area (Å²) in [6, 6.07) is 0.380. The van der Waals surface area contributed by atoms with Crippen LogP contribution in [0, 0.1) is 28.6 Å². The molecule has 0 radical (unpaired) electrons. The van der Waals surface area contributed by atoms with Crippen molar-refractivity contribution in [2.24, 2.45) is 34.3 Å². The highest BCUT2D eigenvalue weighted by atomic mass is 35.5. The van der Waals surface area contributed by atoms with Gasteiger partial charge in [-0.15, -0.1) is 0 Å². The van der Waals surface area contributed by atoms with Gasteiger partial charge in [0.05, 0.1) is 0 Å². The van der Waals surface area contributed by atoms with Gasteiger partial charge in [-0.3, -0.25) is 0 Å². The van der Waals surface area contributed by atoms with E-state index in [1.165, 1.54) is 44.2 Å². The van der Waals surface area contributed by atoms with Gasteiger partial charge in [0.25, 0.3) is 0 Å². The quantitative estimate of drug-likeness (QED) is 0.682. The van der Waals surface area contributed by atoms with E-state index >= 15 is 0 Å². The number of hydrogen-bond acceptors (Lipinski definition) is 2. The molecule has 26 heavy (non-hydrogen) atoms. The molecule has 4 aliphatic carbocycles. The van der Waals surface area contributed by atoms with Crippen molar-refractivity contribution in [1.29, 1.82) is 0 Å². The fourth-order valence-electron chi connectivity index (χ4n) is 7.06. The number of halogens is 1. The van der Waals surface area contributed by atoms with E-state index in [9.17, 15) is 0 Å². The Labute approximate surface area is 161 Å². The van der Waals surface area contributed by atoms with Crippen LogP contribution in [-0.4, -0.2) is 15.6 Å².